The number of nitrogens with one attached hydrogen (secondary N) is 1. The van der Waals surface area contributed by atoms with Gasteiger partial charge in [-0.25, -0.2) is 0 Å². The van der Waals surface area contributed by atoms with Crippen molar-refractivity contribution in [2.75, 3.05) is 13.2 Å². The fourth-order valence-electron chi connectivity index (χ4n) is 4.41. The topological polar surface area (TPSA) is 78.8 Å². The van der Waals surface area contributed by atoms with E-state index in [2.05, 4.69) is 56.4 Å². The Balaban J connectivity index is 2.34. The van der Waals surface area contributed by atoms with Crippen molar-refractivity contribution >= 4 is 5.91 Å². The molecule has 2 aromatic rings. The fraction of sp³-hybridized carbons (Fsp3) is 0.536. The summed E-state index contributed by atoms with van der Waals surface area (Å²) in [4.78, 5) is 12.4. The van der Waals surface area contributed by atoms with E-state index in [9.17, 15) is 9.90 Å². The third kappa shape index (κ3) is 6.81. The second kappa shape index (κ2) is 11.2. The van der Waals surface area contributed by atoms with E-state index in [1.807, 2.05) is 33.8 Å². The number of hydrogen-bond donors (Lipinski definition) is 3. The molecular weight excluding hydrogens is 414 g/mol. The Morgan fingerprint density at radius 3 is 2.06 bits per heavy atom. The molecule has 1 atom stereocenters. The molecule has 33 heavy (non-hydrogen) atoms. The Morgan fingerprint density at radius 2 is 1.58 bits per heavy atom. The predicted molar refractivity (Wildman–Crippen MR) is 134 cm³/mol. The molecule has 2 rings (SSSR count). The molecule has 2 aromatic carbocycles. The van der Waals surface area contributed by atoms with Gasteiger partial charge in [-0.3, -0.25) is 4.79 Å². The molecule has 0 aromatic heterocycles. The van der Waals surface area contributed by atoms with Gasteiger partial charge in [-0.2, -0.15) is 0 Å². The molecule has 5 nitrogen and oxygen atoms in total. The van der Waals surface area contributed by atoms with Crippen LogP contribution in [0.15, 0.2) is 36.4 Å². The second-order valence-corrected chi connectivity index (χ2v) is 10.0. The number of carbonyl (C=O) groups excluding carboxylic acids is 1. The van der Waals surface area contributed by atoms with Crippen LogP contribution in [-0.4, -0.2) is 41.0 Å². The maximum atomic E-state index is 12.4. The molecule has 0 aliphatic rings. The molecule has 1 amide bonds. The summed E-state index contributed by atoms with van der Waals surface area (Å²) >= 11 is 0. The highest BCUT2D eigenvalue weighted by atomic mass is 16.5. The largest absolute Gasteiger partial charge is 0.491 e. The average Bonchev–Trinajstić information content (AvgIpc) is 2.74. The Hall–Kier alpha value is -2.37. The SMILES string of the molecule is CCC(CC)(c1ccc(CC(=O)NC(C)(C)C)c(C)c1)c1ccc(OC[C@@H](O)CO)c(C)c1. The van der Waals surface area contributed by atoms with E-state index >= 15 is 0 Å². The van der Waals surface area contributed by atoms with Crippen LogP contribution in [0.25, 0.3) is 0 Å². The van der Waals surface area contributed by atoms with E-state index < -0.39 is 6.10 Å². The lowest BCUT2D eigenvalue weighted by molar-refractivity contribution is -0.121. The lowest BCUT2D eigenvalue weighted by Crippen LogP contribution is -2.41. The maximum Gasteiger partial charge on any atom is 0.224 e. The fourth-order valence-corrected chi connectivity index (χ4v) is 4.41. The van der Waals surface area contributed by atoms with Gasteiger partial charge in [0, 0.05) is 11.0 Å². The van der Waals surface area contributed by atoms with E-state index in [0.29, 0.717) is 12.2 Å². The highest BCUT2D eigenvalue weighted by Crippen LogP contribution is 2.41. The zero-order valence-electron chi connectivity index (χ0n) is 21.3. The van der Waals surface area contributed by atoms with Crippen molar-refractivity contribution in [3.05, 3.63) is 64.2 Å². The minimum Gasteiger partial charge on any atom is -0.491 e. The summed E-state index contributed by atoms with van der Waals surface area (Å²) < 4.78 is 5.69. The van der Waals surface area contributed by atoms with Crippen molar-refractivity contribution in [3.63, 3.8) is 0 Å². The van der Waals surface area contributed by atoms with E-state index in [0.717, 1.165) is 29.5 Å². The molecule has 0 saturated carbocycles. The number of aliphatic hydroxyl groups is 2. The third-order valence-electron chi connectivity index (χ3n) is 6.34. The van der Waals surface area contributed by atoms with Crippen molar-refractivity contribution in [1.29, 1.82) is 0 Å². The van der Waals surface area contributed by atoms with Crippen LogP contribution in [0.1, 0.15) is 75.3 Å². The van der Waals surface area contributed by atoms with Crippen LogP contribution in [0, 0.1) is 13.8 Å². The third-order valence-corrected chi connectivity index (χ3v) is 6.34. The van der Waals surface area contributed by atoms with E-state index in [1.54, 1.807) is 0 Å². The van der Waals surface area contributed by atoms with Crippen molar-refractivity contribution in [3.8, 4) is 5.75 Å². The van der Waals surface area contributed by atoms with Crippen LogP contribution in [0.3, 0.4) is 0 Å². The van der Waals surface area contributed by atoms with Crippen LogP contribution in [-0.2, 0) is 16.6 Å². The van der Waals surface area contributed by atoms with Gasteiger partial charge < -0.3 is 20.3 Å². The summed E-state index contributed by atoms with van der Waals surface area (Å²) in [5, 5.41) is 21.6. The summed E-state index contributed by atoms with van der Waals surface area (Å²) in [7, 11) is 0. The number of hydrogen-bond acceptors (Lipinski definition) is 4. The zero-order chi connectivity index (χ0) is 24.8. The molecule has 0 bridgehead atoms. The van der Waals surface area contributed by atoms with Gasteiger partial charge in [0.2, 0.25) is 5.91 Å². The van der Waals surface area contributed by atoms with Gasteiger partial charge >= 0.3 is 0 Å². The molecule has 0 aliphatic heterocycles. The number of aryl methyl sites for hydroxylation is 2. The molecule has 182 valence electrons. The lowest BCUT2D eigenvalue weighted by atomic mass is 9.69. The first-order chi connectivity index (χ1) is 15.5. The summed E-state index contributed by atoms with van der Waals surface area (Å²) in [5.74, 6) is 0.747. The minimum absolute atomic E-state index is 0.0353. The average molecular weight is 456 g/mol. The number of benzene rings is 2. The first kappa shape index (κ1) is 26.9. The summed E-state index contributed by atoms with van der Waals surface area (Å²) in [5.41, 5.74) is 5.24. The standard InChI is InChI=1S/C28H41NO4/c1-8-28(9-2,23-12-13-25(20(4)15-23)33-18-24(31)17-30)22-11-10-21(19(3)14-22)16-26(32)29-27(5,6)7/h10-15,24,30-31H,8-9,16-18H2,1-7H3,(H,29,32)/t24-/m0/s1. The van der Waals surface area contributed by atoms with Crippen molar-refractivity contribution in [1.82, 2.24) is 5.32 Å². The predicted octanol–water partition coefficient (Wildman–Crippen LogP) is 4.60. The van der Waals surface area contributed by atoms with Crippen molar-refractivity contribution < 1.29 is 19.7 Å². The molecule has 0 saturated heterocycles. The smallest absolute Gasteiger partial charge is 0.224 e. The summed E-state index contributed by atoms with van der Waals surface area (Å²) in [6.45, 7) is 14.2. The Morgan fingerprint density at radius 1 is 1.00 bits per heavy atom. The molecular formula is C28H41NO4. The molecule has 5 heteroatoms. The van der Waals surface area contributed by atoms with E-state index in [4.69, 9.17) is 9.84 Å². The summed E-state index contributed by atoms with van der Waals surface area (Å²) in [6.07, 6.45) is 1.37. The number of carbonyl (C=O) groups is 1. The number of ether oxygens (including phenoxy) is 1. The van der Waals surface area contributed by atoms with Crippen molar-refractivity contribution in [2.24, 2.45) is 0 Å². The van der Waals surface area contributed by atoms with Gasteiger partial charge in [0.25, 0.3) is 0 Å². The highest BCUT2D eigenvalue weighted by molar-refractivity contribution is 5.79. The second-order valence-electron chi connectivity index (χ2n) is 10.0. The van der Waals surface area contributed by atoms with Gasteiger partial charge in [0.1, 0.15) is 18.5 Å². The van der Waals surface area contributed by atoms with Gasteiger partial charge in [-0.15, -0.1) is 0 Å². The van der Waals surface area contributed by atoms with Crippen LogP contribution in [0.4, 0.5) is 0 Å². The lowest BCUT2D eigenvalue weighted by Gasteiger charge is -2.34. The molecule has 0 fully saturated rings. The number of aliphatic hydroxyl groups excluding tert-OH is 2. The quantitative estimate of drug-likeness (QED) is 0.489. The minimum atomic E-state index is -0.888. The van der Waals surface area contributed by atoms with Gasteiger partial charge in [-0.05, 0) is 81.3 Å². The Kier molecular flexibility index (Phi) is 9.10. The Labute approximate surface area is 199 Å². The van der Waals surface area contributed by atoms with Crippen LogP contribution >= 0.6 is 0 Å². The molecule has 3 N–H and O–H groups in total. The van der Waals surface area contributed by atoms with Gasteiger partial charge in [-0.1, -0.05) is 44.2 Å². The Bertz CT molecular complexity index is 941. The van der Waals surface area contributed by atoms with E-state index in [1.165, 1.54) is 11.1 Å². The normalized spacial score (nSPS) is 13.0. The highest BCUT2D eigenvalue weighted by Gasteiger charge is 2.31. The molecule has 0 radical (unpaired) electrons. The van der Waals surface area contributed by atoms with Gasteiger partial charge in [0.05, 0.1) is 13.0 Å². The van der Waals surface area contributed by atoms with Crippen molar-refractivity contribution in [2.45, 2.75) is 84.8 Å². The first-order valence-corrected chi connectivity index (χ1v) is 11.9. The van der Waals surface area contributed by atoms with E-state index in [-0.39, 0.29) is 30.1 Å². The summed E-state index contributed by atoms with van der Waals surface area (Å²) in [6, 6.07) is 12.7. The molecule has 0 aliphatic carbocycles. The maximum absolute atomic E-state index is 12.4. The zero-order valence-corrected chi connectivity index (χ0v) is 21.3. The number of rotatable bonds is 10. The number of amides is 1. The first-order valence-electron chi connectivity index (χ1n) is 11.9. The van der Waals surface area contributed by atoms with Crippen LogP contribution < -0.4 is 10.1 Å². The van der Waals surface area contributed by atoms with Gasteiger partial charge in [0.15, 0.2) is 0 Å². The molecule has 0 unspecified atom stereocenters. The van der Waals surface area contributed by atoms with Crippen LogP contribution in [0.2, 0.25) is 0 Å². The molecule has 0 heterocycles. The monoisotopic (exact) mass is 455 g/mol. The van der Waals surface area contributed by atoms with Crippen LogP contribution in [0.5, 0.6) is 5.75 Å². The molecule has 0 spiro atoms.